The summed E-state index contributed by atoms with van der Waals surface area (Å²) in [6, 6.07) is 9.58. The van der Waals surface area contributed by atoms with Crippen LogP contribution < -0.4 is 0 Å². The number of hydrogen-bond donors (Lipinski definition) is 0. The molecule has 3 aliphatic rings. The normalized spacial score (nSPS) is 27.1. The standard InChI is InChI=1S/C23H34N2O3S/c1-28-22(26)21-17-25(29(27)20-10-6-3-7-11-20)18-23(21)12-14-24(15-13-23)16-19-8-4-2-5-9-19/h3,6-7,10-11,19,21H,2,4-5,8-9,12-18H2,1H3. The fourth-order valence-electron chi connectivity index (χ4n) is 5.62. The van der Waals surface area contributed by atoms with E-state index in [0.717, 1.165) is 36.7 Å². The molecule has 2 heterocycles. The Morgan fingerprint density at radius 1 is 1.14 bits per heavy atom. The molecule has 3 fully saturated rings. The second-order valence-corrected chi connectivity index (χ2v) is 10.6. The fourth-order valence-corrected chi connectivity index (χ4v) is 6.97. The van der Waals surface area contributed by atoms with Crippen molar-refractivity contribution < 1.29 is 13.7 Å². The molecule has 2 unspecified atom stereocenters. The van der Waals surface area contributed by atoms with Crippen LogP contribution in [0.4, 0.5) is 0 Å². The maximum absolute atomic E-state index is 13.1. The molecule has 2 saturated heterocycles. The first-order valence-electron chi connectivity index (χ1n) is 11.1. The van der Waals surface area contributed by atoms with Crippen molar-refractivity contribution in [3.8, 4) is 0 Å². The third kappa shape index (κ3) is 4.59. The molecule has 4 rings (SSSR count). The van der Waals surface area contributed by atoms with Crippen molar-refractivity contribution in [2.45, 2.75) is 49.8 Å². The molecule has 1 spiro atoms. The number of esters is 1. The molecule has 5 nitrogen and oxygen atoms in total. The van der Waals surface area contributed by atoms with E-state index in [1.165, 1.54) is 45.8 Å². The van der Waals surface area contributed by atoms with Crippen molar-refractivity contribution in [1.29, 1.82) is 0 Å². The summed E-state index contributed by atoms with van der Waals surface area (Å²) in [5.41, 5.74) is -0.111. The second-order valence-electron chi connectivity index (χ2n) is 9.13. The van der Waals surface area contributed by atoms with E-state index in [9.17, 15) is 9.00 Å². The van der Waals surface area contributed by atoms with Crippen LogP contribution in [0.25, 0.3) is 0 Å². The Hall–Kier alpha value is -1.24. The van der Waals surface area contributed by atoms with Crippen LogP contribution in [0, 0.1) is 17.3 Å². The van der Waals surface area contributed by atoms with E-state index in [-0.39, 0.29) is 17.3 Å². The number of likely N-dealkylation sites (tertiary alicyclic amines) is 1. The van der Waals surface area contributed by atoms with E-state index in [2.05, 4.69) is 4.90 Å². The average Bonchev–Trinajstić information content (AvgIpc) is 3.15. The lowest BCUT2D eigenvalue weighted by molar-refractivity contribution is -0.149. The Labute approximate surface area is 177 Å². The minimum Gasteiger partial charge on any atom is -0.469 e. The van der Waals surface area contributed by atoms with Gasteiger partial charge in [-0.25, -0.2) is 8.51 Å². The van der Waals surface area contributed by atoms with Crippen molar-refractivity contribution in [3.63, 3.8) is 0 Å². The molecule has 160 valence electrons. The van der Waals surface area contributed by atoms with Gasteiger partial charge in [-0.15, -0.1) is 0 Å². The van der Waals surface area contributed by atoms with Crippen LogP contribution in [0.1, 0.15) is 44.9 Å². The summed E-state index contributed by atoms with van der Waals surface area (Å²) in [6.45, 7) is 4.52. The number of hydrogen-bond acceptors (Lipinski definition) is 4. The second kappa shape index (κ2) is 9.27. The molecule has 29 heavy (non-hydrogen) atoms. The number of nitrogens with zero attached hydrogens (tertiary/aromatic N) is 2. The Balaban J connectivity index is 1.43. The molecular weight excluding hydrogens is 384 g/mol. The number of ether oxygens (including phenoxy) is 1. The number of benzene rings is 1. The van der Waals surface area contributed by atoms with Crippen LogP contribution in [0.5, 0.6) is 0 Å². The monoisotopic (exact) mass is 418 g/mol. The van der Waals surface area contributed by atoms with Crippen LogP contribution >= 0.6 is 0 Å². The zero-order valence-corrected chi connectivity index (χ0v) is 18.4. The lowest BCUT2D eigenvalue weighted by Crippen LogP contribution is -2.47. The highest BCUT2D eigenvalue weighted by molar-refractivity contribution is 7.82. The average molecular weight is 419 g/mol. The van der Waals surface area contributed by atoms with Gasteiger partial charge in [0.1, 0.15) is 11.0 Å². The van der Waals surface area contributed by atoms with Crippen molar-refractivity contribution >= 4 is 17.0 Å². The van der Waals surface area contributed by atoms with Crippen LogP contribution in [0.15, 0.2) is 35.2 Å². The van der Waals surface area contributed by atoms with Gasteiger partial charge in [-0.2, -0.15) is 0 Å². The third-order valence-corrected chi connectivity index (χ3v) is 8.80. The highest BCUT2D eigenvalue weighted by atomic mass is 32.2. The Kier molecular flexibility index (Phi) is 6.72. The molecule has 0 N–H and O–H groups in total. The lowest BCUT2D eigenvalue weighted by Gasteiger charge is -2.43. The highest BCUT2D eigenvalue weighted by Gasteiger charge is 2.53. The molecule has 0 bridgehead atoms. The summed E-state index contributed by atoms with van der Waals surface area (Å²) in [4.78, 5) is 16.0. The molecule has 1 aromatic rings. The zero-order chi connectivity index (χ0) is 20.3. The van der Waals surface area contributed by atoms with Gasteiger partial charge in [0.05, 0.1) is 17.9 Å². The van der Waals surface area contributed by atoms with Gasteiger partial charge in [0.2, 0.25) is 0 Å². The van der Waals surface area contributed by atoms with Gasteiger partial charge in [-0.3, -0.25) is 4.79 Å². The minimum atomic E-state index is -1.23. The summed E-state index contributed by atoms with van der Waals surface area (Å²) in [5.74, 6) is 0.523. The quantitative estimate of drug-likeness (QED) is 0.687. The number of rotatable bonds is 5. The molecule has 1 aromatic carbocycles. The predicted molar refractivity (Wildman–Crippen MR) is 115 cm³/mol. The van der Waals surface area contributed by atoms with E-state index in [1.807, 2.05) is 34.6 Å². The maximum Gasteiger partial charge on any atom is 0.310 e. The number of methoxy groups -OCH3 is 1. The lowest BCUT2D eigenvalue weighted by atomic mass is 9.70. The summed E-state index contributed by atoms with van der Waals surface area (Å²) in [5, 5.41) is 0. The van der Waals surface area contributed by atoms with Gasteiger partial charge in [-0.05, 0) is 56.8 Å². The summed E-state index contributed by atoms with van der Waals surface area (Å²) >= 11 is 0. The molecule has 0 aromatic heterocycles. The topological polar surface area (TPSA) is 49.9 Å². The third-order valence-electron chi connectivity index (χ3n) is 7.37. The maximum atomic E-state index is 13.1. The van der Waals surface area contributed by atoms with Crippen molar-refractivity contribution in [2.24, 2.45) is 17.3 Å². The van der Waals surface area contributed by atoms with Crippen LogP contribution in [-0.2, 0) is 20.5 Å². The van der Waals surface area contributed by atoms with E-state index in [1.54, 1.807) is 0 Å². The molecule has 6 heteroatoms. The number of carbonyl (C=O) groups excluding carboxylic acids is 1. The van der Waals surface area contributed by atoms with Crippen molar-refractivity contribution in [2.75, 3.05) is 39.8 Å². The first kappa shape index (κ1) is 21.0. The molecule has 1 aliphatic carbocycles. The van der Waals surface area contributed by atoms with Crippen LogP contribution in [0.2, 0.25) is 0 Å². The SMILES string of the molecule is COC(=O)C1CN(S(=O)c2ccccc2)CC12CCN(CC1CCCCC1)CC2. The molecule has 0 radical (unpaired) electrons. The fraction of sp³-hybridized carbons (Fsp3) is 0.696. The smallest absolute Gasteiger partial charge is 0.310 e. The Morgan fingerprint density at radius 2 is 1.83 bits per heavy atom. The summed E-state index contributed by atoms with van der Waals surface area (Å²) in [7, 11) is 0.249. The van der Waals surface area contributed by atoms with E-state index in [0.29, 0.717) is 13.1 Å². The van der Waals surface area contributed by atoms with Crippen molar-refractivity contribution in [3.05, 3.63) is 30.3 Å². The first-order chi connectivity index (χ1) is 14.1. The first-order valence-corrected chi connectivity index (χ1v) is 12.2. The highest BCUT2D eigenvalue weighted by Crippen LogP contribution is 2.46. The number of piperidine rings is 1. The van der Waals surface area contributed by atoms with E-state index >= 15 is 0 Å². The molecule has 2 atom stereocenters. The molecular formula is C23H34N2O3S. The van der Waals surface area contributed by atoms with Gasteiger partial charge in [0.25, 0.3) is 0 Å². The molecule has 1 saturated carbocycles. The van der Waals surface area contributed by atoms with Gasteiger partial charge in [0.15, 0.2) is 0 Å². The van der Waals surface area contributed by atoms with Gasteiger partial charge in [-0.1, -0.05) is 37.5 Å². The Bertz CT molecular complexity index is 712. The molecule has 2 aliphatic heterocycles. The van der Waals surface area contributed by atoms with Gasteiger partial charge < -0.3 is 9.64 Å². The van der Waals surface area contributed by atoms with E-state index in [4.69, 9.17) is 4.74 Å². The minimum absolute atomic E-state index is 0.111. The van der Waals surface area contributed by atoms with Gasteiger partial charge >= 0.3 is 5.97 Å². The zero-order valence-electron chi connectivity index (χ0n) is 17.6. The van der Waals surface area contributed by atoms with Crippen molar-refractivity contribution in [1.82, 2.24) is 9.21 Å². The number of carbonyl (C=O) groups is 1. The predicted octanol–water partition coefficient (Wildman–Crippen LogP) is 3.48. The van der Waals surface area contributed by atoms with E-state index < -0.39 is 11.0 Å². The molecule has 0 amide bonds. The Morgan fingerprint density at radius 3 is 2.48 bits per heavy atom. The van der Waals surface area contributed by atoms with Gasteiger partial charge in [0, 0.05) is 25.0 Å². The summed E-state index contributed by atoms with van der Waals surface area (Å²) in [6.07, 6.45) is 8.88. The summed E-state index contributed by atoms with van der Waals surface area (Å²) < 4.78 is 20.3. The van der Waals surface area contributed by atoms with Crippen LogP contribution in [-0.4, -0.2) is 59.2 Å². The van der Waals surface area contributed by atoms with Crippen LogP contribution in [0.3, 0.4) is 0 Å². The largest absolute Gasteiger partial charge is 0.469 e.